The molecule has 0 radical (unpaired) electrons. The molecule has 0 aliphatic carbocycles. The molecule has 7 heteroatoms. The number of carbonyl (C=O) groups is 1. The van der Waals surface area contributed by atoms with Crippen LogP contribution in [0.5, 0.6) is 5.88 Å². The maximum atomic E-state index is 12.7. The molecule has 2 aromatic heterocycles. The summed E-state index contributed by atoms with van der Waals surface area (Å²) in [7, 11) is 0. The molecule has 1 saturated heterocycles. The average molecular weight is 357 g/mol. The van der Waals surface area contributed by atoms with Crippen molar-refractivity contribution in [1.82, 2.24) is 25.3 Å². The average Bonchev–Trinajstić information content (AvgIpc) is 3.12. The van der Waals surface area contributed by atoms with E-state index in [1.165, 1.54) is 0 Å². The van der Waals surface area contributed by atoms with Gasteiger partial charge in [0.25, 0.3) is 5.91 Å². The number of carbonyl (C=O) groups excluding carboxylic acids is 1. The van der Waals surface area contributed by atoms with Gasteiger partial charge in [-0.1, -0.05) is 20.8 Å². The minimum absolute atomic E-state index is 0.000481. The topological polar surface area (TPSA) is 84.0 Å². The van der Waals surface area contributed by atoms with E-state index in [4.69, 9.17) is 4.74 Å². The van der Waals surface area contributed by atoms with E-state index in [1.807, 2.05) is 30.0 Å². The molecule has 7 nitrogen and oxygen atoms in total. The molecule has 1 aliphatic rings. The van der Waals surface area contributed by atoms with Gasteiger partial charge in [-0.3, -0.25) is 9.89 Å². The summed E-state index contributed by atoms with van der Waals surface area (Å²) in [5.41, 5.74) is 2.30. The Labute approximate surface area is 154 Å². The van der Waals surface area contributed by atoms with Gasteiger partial charge < -0.3 is 9.64 Å². The van der Waals surface area contributed by atoms with Crippen molar-refractivity contribution >= 4 is 5.91 Å². The van der Waals surface area contributed by atoms with Gasteiger partial charge in [-0.15, -0.1) is 5.10 Å². The lowest BCUT2D eigenvalue weighted by Crippen LogP contribution is -2.39. The third-order valence-electron chi connectivity index (χ3n) is 4.75. The van der Waals surface area contributed by atoms with Crippen LogP contribution in [-0.4, -0.2) is 50.9 Å². The maximum absolute atomic E-state index is 12.7. The van der Waals surface area contributed by atoms with Crippen molar-refractivity contribution in [2.45, 2.75) is 46.0 Å². The third-order valence-corrected chi connectivity index (χ3v) is 4.75. The monoisotopic (exact) mass is 357 g/mol. The quantitative estimate of drug-likeness (QED) is 0.909. The Morgan fingerprint density at radius 2 is 2.00 bits per heavy atom. The highest BCUT2D eigenvalue weighted by Crippen LogP contribution is 2.23. The molecular formula is C19H27N5O2. The van der Waals surface area contributed by atoms with Gasteiger partial charge in [0.1, 0.15) is 5.69 Å². The van der Waals surface area contributed by atoms with Crippen molar-refractivity contribution in [3.63, 3.8) is 0 Å². The first-order valence-electron chi connectivity index (χ1n) is 9.11. The van der Waals surface area contributed by atoms with Gasteiger partial charge in [-0.25, -0.2) is 0 Å². The fourth-order valence-corrected chi connectivity index (χ4v) is 2.95. The van der Waals surface area contributed by atoms with Crippen LogP contribution in [0.3, 0.4) is 0 Å². The van der Waals surface area contributed by atoms with Gasteiger partial charge in [0.15, 0.2) is 0 Å². The van der Waals surface area contributed by atoms with E-state index < -0.39 is 0 Å². The lowest BCUT2D eigenvalue weighted by molar-refractivity contribution is 0.0653. The van der Waals surface area contributed by atoms with Gasteiger partial charge in [-0.2, -0.15) is 10.2 Å². The zero-order chi connectivity index (χ0) is 18.7. The minimum atomic E-state index is -0.0469. The number of piperidine rings is 1. The maximum Gasteiger partial charge on any atom is 0.274 e. The van der Waals surface area contributed by atoms with Gasteiger partial charge >= 0.3 is 0 Å². The zero-order valence-corrected chi connectivity index (χ0v) is 16.0. The smallest absolute Gasteiger partial charge is 0.274 e. The molecule has 0 spiro atoms. The first-order chi connectivity index (χ1) is 12.3. The SMILES string of the molecule is Cc1ccc(OCC2CCN(C(=O)c3cc(C(C)(C)C)[nH]n3)CC2)nn1. The first kappa shape index (κ1) is 18.4. The summed E-state index contributed by atoms with van der Waals surface area (Å²) in [5, 5.41) is 15.2. The highest BCUT2D eigenvalue weighted by Gasteiger charge is 2.27. The molecule has 26 heavy (non-hydrogen) atoms. The number of hydrogen-bond donors (Lipinski definition) is 1. The van der Waals surface area contributed by atoms with Gasteiger partial charge in [0, 0.05) is 30.3 Å². The second-order valence-corrected chi connectivity index (χ2v) is 7.98. The molecule has 1 aliphatic heterocycles. The number of aryl methyl sites for hydroxylation is 1. The predicted molar refractivity (Wildman–Crippen MR) is 98.2 cm³/mol. The molecule has 0 unspecified atom stereocenters. The standard InChI is InChI=1S/C19H27N5O2/c1-13-5-6-17(23-20-13)26-12-14-7-9-24(10-8-14)18(25)15-11-16(22-21-15)19(2,3)4/h5-6,11,14H,7-10,12H2,1-4H3,(H,21,22). The molecule has 140 valence electrons. The molecule has 0 atom stereocenters. The Balaban J connectivity index is 1.49. The van der Waals surface area contributed by atoms with Crippen LogP contribution < -0.4 is 4.74 Å². The molecule has 2 aromatic rings. The van der Waals surface area contributed by atoms with Crippen molar-refractivity contribution in [2.24, 2.45) is 5.92 Å². The summed E-state index contributed by atoms with van der Waals surface area (Å²) in [5.74, 6) is 0.979. The van der Waals surface area contributed by atoms with Crippen molar-refractivity contribution in [3.8, 4) is 5.88 Å². The largest absolute Gasteiger partial charge is 0.476 e. The normalized spacial score (nSPS) is 15.9. The summed E-state index contributed by atoms with van der Waals surface area (Å²) in [4.78, 5) is 14.5. The van der Waals surface area contributed by atoms with E-state index in [0.717, 1.165) is 37.3 Å². The van der Waals surface area contributed by atoms with E-state index in [9.17, 15) is 4.79 Å². The summed E-state index contributed by atoms with van der Waals surface area (Å²) in [6.07, 6.45) is 1.84. The van der Waals surface area contributed by atoms with Crippen molar-refractivity contribution in [3.05, 3.63) is 35.3 Å². The molecule has 0 saturated carbocycles. The number of hydrogen-bond acceptors (Lipinski definition) is 5. The number of amides is 1. The number of aromatic amines is 1. The highest BCUT2D eigenvalue weighted by atomic mass is 16.5. The Morgan fingerprint density at radius 3 is 2.58 bits per heavy atom. The Kier molecular flexibility index (Phi) is 5.25. The minimum Gasteiger partial charge on any atom is -0.476 e. The van der Waals surface area contributed by atoms with Crippen LogP contribution >= 0.6 is 0 Å². The van der Waals surface area contributed by atoms with Crippen LogP contribution in [0, 0.1) is 12.8 Å². The number of aromatic nitrogens is 4. The number of ether oxygens (including phenoxy) is 1. The molecule has 1 amide bonds. The van der Waals surface area contributed by atoms with E-state index in [2.05, 4.69) is 41.2 Å². The zero-order valence-electron chi connectivity index (χ0n) is 16.0. The lowest BCUT2D eigenvalue weighted by atomic mass is 9.92. The van der Waals surface area contributed by atoms with E-state index >= 15 is 0 Å². The van der Waals surface area contributed by atoms with Gasteiger partial charge in [0.2, 0.25) is 5.88 Å². The number of likely N-dealkylation sites (tertiary alicyclic amines) is 1. The van der Waals surface area contributed by atoms with E-state index in [1.54, 1.807) is 0 Å². The van der Waals surface area contributed by atoms with Crippen LogP contribution in [0.2, 0.25) is 0 Å². The lowest BCUT2D eigenvalue weighted by Gasteiger charge is -2.31. The number of H-pyrrole nitrogens is 1. The van der Waals surface area contributed by atoms with E-state index in [-0.39, 0.29) is 11.3 Å². The first-order valence-corrected chi connectivity index (χ1v) is 9.11. The predicted octanol–water partition coefficient (Wildman–Crippen LogP) is 2.74. The van der Waals surface area contributed by atoms with Crippen LogP contribution in [0.1, 0.15) is 55.5 Å². The molecule has 0 bridgehead atoms. The van der Waals surface area contributed by atoms with Crippen LogP contribution in [-0.2, 0) is 5.41 Å². The Bertz CT molecular complexity index is 740. The highest BCUT2D eigenvalue weighted by molar-refractivity contribution is 5.92. The fraction of sp³-hybridized carbons (Fsp3) is 0.579. The summed E-state index contributed by atoms with van der Waals surface area (Å²) in [6.45, 7) is 10.2. The number of nitrogens with zero attached hydrogens (tertiary/aromatic N) is 4. The Hall–Kier alpha value is -2.44. The number of nitrogens with one attached hydrogen (secondary N) is 1. The van der Waals surface area contributed by atoms with Crippen molar-refractivity contribution in [2.75, 3.05) is 19.7 Å². The van der Waals surface area contributed by atoms with Crippen LogP contribution in [0.15, 0.2) is 18.2 Å². The molecule has 3 rings (SSSR count). The molecule has 1 fully saturated rings. The number of rotatable bonds is 4. The second kappa shape index (κ2) is 7.43. The second-order valence-electron chi connectivity index (χ2n) is 7.98. The van der Waals surface area contributed by atoms with E-state index in [0.29, 0.717) is 24.1 Å². The fourth-order valence-electron chi connectivity index (χ4n) is 2.95. The summed E-state index contributed by atoms with van der Waals surface area (Å²) >= 11 is 0. The molecular weight excluding hydrogens is 330 g/mol. The van der Waals surface area contributed by atoms with Gasteiger partial charge in [0.05, 0.1) is 12.3 Å². The summed E-state index contributed by atoms with van der Waals surface area (Å²) < 4.78 is 5.73. The summed E-state index contributed by atoms with van der Waals surface area (Å²) in [6, 6.07) is 5.60. The third kappa shape index (κ3) is 4.39. The van der Waals surface area contributed by atoms with Crippen molar-refractivity contribution in [1.29, 1.82) is 0 Å². The molecule has 3 heterocycles. The molecule has 0 aromatic carbocycles. The molecule has 1 N–H and O–H groups in total. The Morgan fingerprint density at radius 1 is 1.27 bits per heavy atom. The van der Waals surface area contributed by atoms with Crippen molar-refractivity contribution < 1.29 is 9.53 Å². The van der Waals surface area contributed by atoms with Crippen LogP contribution in [0.25, 0.3) is 0 Å². The van der Waals surface area contributed by atoms with Crippen LogP contribution in [0.4, 0.5) is 0 Å². The van der Waals surface area contributed by atoms with Gasteiger partial charge in [-0.05, 0) is 37.8 Å².